The maximum absolute atomic E-state index is 11.1. The number of carbonyl (C=O) groups is 1. The first-order valence-corrected chi connectivity index (χ1v) is 10.1. The van der Waals surface area contributed by atoms with E-state index < -0.39 is 5.97 Å². The number of fused-ring (bicyclic) bond motifs is 1. The van der Waals surface area contributed by atoms with Crippen molar-refractivity contribution in [3.05, 3.63) is 53.5 Å². The van der Waals surface area contributed by atoms with Crippen LogP contribution in [-0.2, 0) is 17.6 Å². The number of carboxylic acids is 1. The third-order valence-electron chi connectivity index (χ3n) is 5.26. The number of rotatable bonds is 10. The monoisotopic (exact) mass is 367 g/mol. The first-order valence-electron chi connectivity index (χ1n) is 10.1. The Balaban J connectivity index is 1.38. The Hall–Kier alpha value is -2.43. The predicted octanol–water partition coefficient (Wildman–Crippen LogP) is 4.59. The zero-order valence-corrected chi connectivity index (χ0v) is 15.9. The number of unbranched alkanes of at least 4 members (excludes halogenated alkanes) is 3. The lowest BCUT2D eigenvalue weighted by Gasteiger charge is -2.17. The van der Waals surface area contributed by atoms with Crippen LogP contribution >= 0.6 is 0 Å². The van der Waals surface area contributed by atoms with Gasteiger partial charge in [0, 0.05) is 24.6 Å². The van der Waals surface area contributed by atoms with Gasteiger partial charge < -0.3 is 10.4 Å². The van der Waals surface area contributed by atoms with E-state index in [1.54, 1.807) is 12.4 Å². The summed E-state index contributed by atoms with van der Waals surface area (Å²) in [5.41, 5.74) is 3.54. The highest BCUT2D eigenvalue weighted by Crippen LogP contribution is 2.26. The van der Waals surface area contributed by atoms with Gasteiger partial charge in [-0.05, 0) is 61.3 Å². The highest BCUT2D eigenvalue weighted by Gasteiger charge is 2.15. The zero-order valence-electron chi connectivity index (χ0n) is 15.9. The van der Waals surface area contributed by atoms with Crippen LogP contribution in [0.5, 0.6) is 0 Å². The van der Waals surface area contributed by atoms with Crippen molar-refractivity contribution >= 4 is 11.8 Å². The molecule has 1 atom stereocenters. The lowest BCUT2D eigenvalue weighted by molar-refractivity contribution is -0.137. The minimum absolute atomic E-state index is 0.0598. The van der Waals surface area contributed by atoms with Gasteiger partial charge in [0.05, 0.1) is 6.42 Å². The summed E-state index contributed by atoms with van der Waals surface area (Å²) in [5, 5.41) is 12.6. The van der Waals surface area contributed by atoms with Gasteiger partial charge in [0.2, 0.25) is 0 Å². The first kappa shape index (κ1) is 19.3. The molecule has 0 spiro atoms. The Morgan fingerprint density at radius 3 is 2.89 bits per heavy atom. The minimum atomic E-state index is -0.740. The fourth-order valence-electron chi connectivity index (χ4n) is 3.77. The second-order valence-electron chi connectivity index (χ2n) is 7.37. The molecule has 144 valence electrons. The number of nitrogens with zero attached hydrogens (tertiary/aromatic N) is 2. The van der Waals surface area contributed by atoms with Gasteiger partial charge in [-0.25, -0.2) is 4.98 Å². The van der Waals surface area contributed by atoms with E-state index in [0.29, 0.717) is 0 Å². The van der Waals surface area contributed by atoms with E-state index in [1.807, 2.05) is 12.1 Å². The molecule has 3 rings (SSSR count). The third-order valence-corrected chi connectivity index (χ3v) is 5.26. The topological polar surface area (TPSA) is 75.1 Å². The number of pyridine rings is 2. The average Bonchev–Trinajstić information content (AvgIpc) is 2.70. The van der Waals surface area contributed by atoms with Crippen molar-refractivity contribution in [3.8, 4) is 0 Å². The molecular formula is C22H29N3O2. The Labute approximate surface area is 161 Å². The van der Waals surface area contributed by atoms with E-state index in [0.717, 1.165) is 62.9 Å². The molecular weight excluding hydrogens is 338 g/mol. The van der Waals surface area contributed by atoms with Crippen molar-refractivity contribution in [3.63, 3.8) is 0 Å². The fourth-order valence-corrected chi connectivity index (χ4v) is 3.77. The molecule has 2 aromatic heterocycles. The quantitative estimate of drug-likeness (QED) is 0.601. The molecule has 0 bridgehead atoms. The van der Waals surface area contributed by atoms with Crippen molar-refractivity contribution < 1.29 is 9.90 Å². The highest BCUT2D eigenvalue weighted by molar-refractivity contribution is 5.68. The van der Waals surface area contributed by atoms with Crippen molar-refractivity contribution in [1.29, 1.82) is 0 Å². The summed E-state index contributed by atoms with van der Waals surface area (Å²) in [4.78, 5) is 20.0. The van der Waals surface area contributed by atoms with Gasteiger partial charge in [-0.3, -0.25) is 9.78 Å². The van der Waals surface area contributed by atoms with Gasteiger partial charge in [-0.1, -0.05) is 31.4 Å². The van der Waals surface area contributed by atoms with E-state index in [9.17, 15) is 4.79 Å². The second-order valence-corrected chi connectivity index (χ2v) is 7.37. The van der Waals surface area contributed by atoms with Crippen LogP contribution in [0.15, 0.2) is 36.7 Å². The SMILES string of the molecule is O=C(O)C[C@H](CCCCCCc1ccc2c(n1)NCCC2)c1cccnc1. The van der Waals surface area contributed by atoms with Gasteiger partial charge in [0.1, 0.15) is 5.82 Å². The molecule has 0 aliphatic carbocycles. The summed E-state index contributed by atoms with van der Waals surface area (Å²) >= 11 is 0. The molecule has 0 aromatic carbocycles. The van der Waals surface area contributed by atoms with E-state index in [-0.39, 0.29) is 12.3 Å². The number of hydrogen-bond acceptors (Lipinski definition) is 4. The standard InChI is InChI=1S/C22H29N3O2/c26-21(27)15-18(19-9-5-13-23-16-19)7-3-1-2-4-10-20-12-11-17-8-6-14-24-22(17)25-20/h5,9,11-13,16,18H,1-4,6-8,10,14-15H2,(H,24,25)(H,26,27)/t18-/m0/s1. The number of nitrogens with one attached hydrogen (secondary N) is 1. The van der Waals surface area contributed by atoms with Crippen molar-refractivity contribution in [2.24, 2.45) is 0 Å². The summed E-state index contributed by atoms with van der Waals surface area (Å²) in [6, 6.07) is 8.24. The molecule has 5 heteroatoms. The van der Waals surface area contributed by atoms with Gasteiger partial charge in [-0.15, -0.1) is 0 Å². The summed E-state index contributed by atoms with van der Waals surface area (Å²) in [5.74, 6) is 0.396. The number of aryl methyl sites for hydroxylation is 2. The van der Waals surface area contributed by atoms with Crippen LogP contribution in [-0.4, -0.2) is 27.6 Å². The van der Waals surface area contributed by atoms with E-state index in [2.05, 4.69) is 22.4 Å². The molecule has 0 radical (unpaired) electrons. The van der Waals surface area contributed by atoms with Crippen LogP contribution in [0, 0.1) is 0 Å². The summed E-state index contributed by atoms with van der Waals surface area (Å²) < 4.78 is 0. The molecule has 27 heavy (non-hydrogen) atoms. The van der Waals surface area contributed by atoms with Crippen molar-refractivity contribution in [1.82, 2.24) is 9.97 Å². The Bertz CT molecular complexity index is 734. The van der Waals surface area contributed by atoms with Crippen molar-refractivity contribution in [2.45, 2.75) is 63.7 Å². The van der Waals surface area contributed by atoms with Crippen LogP contribution in [0.3, 0.4) is 0 Å². The van der Waals surface area contributed by atoms with Gasteiger partial charge in [0.25, 0.3) is 0 Å². The van der Waals surface area contributed by atoms with E-state index in [1.165, 1.54) is 17.7 Å². The number of carboxylic acid groups (broad SMARTS) is 1. The van der Waals surface area contributed by atoms with Crippen LogP contribution in [0.2, 0.25) is 0 Å². The fraction of sp³-hybridized carbons (Fsp3) is 0.500. The predicted molar refractivity (Wildman–Crippen MR) is 107 cm³/mol. The summed E-state index contributed by atoms with van der Waals surface area (Å²) in [7, 11) is 0. The maximum Gasteiger partial charge on any atom is 0.303 e. The Morgan fingerprint density at radius 1 is 1.19 bits per heavy atom. The van der Waals surface area contributed by atoms with Gasteiger partial charge >= 0.3 is 5.97 Å². The molecule has 0 saturated heterocycles. The summed E-state index contributed by atoms with van der Waals surface area (Å²) in [6.07, 6.45) is 12.4. The Kier molecular flexibility index (Phi) is 7.19. The van der Waals surface area contributed by atoms with Gasteiger partial charge in [0.15, 0.2) is 0 Å². The molecule has 0 amide bonds. The molecule has 3 heterocycles. The second kappa shape index (κ2) is 10.0. The summed E-state index contributed by atoms with van der Waals surface area (Å²) in [6.45, 7) is 1.03. The molecule has 2 N–H and O–H groups in total. The van der Waals surface area contributed by atoms with E-state index in [4.69, 9.17) is 10.1 Å². The molecule has 0 saturated carbocycles. The van der Waals surface area contributed by atoms with Crippen LogP contribution in [0.25, 0.3) is 0 Å². The minimum Gasteiger partial charge on any atom is -0.481 e. The normalized spacial score (nSPS) is 14.2. The first-order chi connectivity index (χ1) is 13.2. The molecule has 1 aliphatic rings. The lowest BCUT2D eigenvalue weighted by Crippen LogP contribution is -2.13. The molecule has 1 aliphatic heterocycles. The third kappa shape index (κ3) is 6.05. The highest BCUT2D eigenvalue weighted by atomic mass is 16.4. The zero-order chi connectivity index (χ0) is 18.9. The van der Waals surface area contributed by atoms with Crippen molar-refractivity contribution in [2.75, 3.05) is 11.9 Å². The van der Waals surface area contributed by atoms with Crippen LogP contribution in [0.1, 0.15) is 67.7 Å². The maximum atomic E-state index is 11.1. The van der Waals surface area contributed by atoms with Crippen LogP contribution < -0.4 is 5.32 Å². The molecule has 5 nitrogen and oxygen atoms in total. The lowest BCUT2D eigenvalue weighted by atomic mass is 9.91. The van der Waals surface area contributed by atoms with Crippen LogP contribution in [0.4, 0.5) is 5.82 Å². The number of anilines is 1. The number of aromatic nitrogens is 2. The Morgan fingerprint density at radius 2 is 2.07 bits per heavy atom. The van der Waals surface area contributed by atoms with E-state index >= 15 is 0 Å². The average molecular weight is 367 g/mol. The number of aliphatic carboxylic acids is 1. The smallest absolute Gasteiger partial charge is 0.303 e. The molecule has 0 fully saturated rings. The number of hydrogen-bond donors (Lipinski definition) is 2. The van der Waals surface area contributed by atoms with Gasteiger partial charge in [-0.2, -0.15) is 0 Å². The molecule has 2 aromatic rings. The molecule has 0 unspecified atom stereocenters. The largest absolute Gasteiger partial charge is 0.481 e.